The predicted molar refractivity (Wildman–Crippen MR) is 82.0 cm³/mol. The number of thiazole rings is 1. The van der Waals surface area contributed by atoms with Gasteiger partial charge in [-0.25, -0.2) is 4.98 Å². The lowest BCUT2D eigenvalue weighted by Crippen LogP contribution is -2.48. The summed E-state index contributed by atoms with van der Waals surface area (Å²) in [7, 11) is 0. The average Bonchev–Trinajstić information content (AvgIpc) is 2.88. The zero-order valence-corrected chi connectivity index (χ0v) is 12.5. The van der Waals surface area contributed by atoms with Gasteiger partial charge in [-0.3, -0.25) is 4.79 Å². The normalized spacial score (nSPS) is 11.3. The van der Waals surface area contributed by atoms with E-state index in [2.05, 4.69) is 22.4 Å². The van der Waals surface area contributed by atoms with E-state index in [9.17, 15) is 4.79 Å². The van der Waals surface area contributed by atoms with Crippen molar-refractivity contribution in [1.82, 2.24) is 10.3 Å². The first-order valence-corrected chi connectivity index (χ1v) is 7.39. The van der Waals surface area contributed by atoms with Crippen LogP contribution in [0.15, 0.2) is 35.7 Å². The standard InChI is InChI=1S/C15H19N3OS/c1-15(2,10-16)18-14(19)12-9-20-13(17-12)8-11-6-4-3-5-7-11/h3-7,9H,8,10,16H2,1-2H3,(H,18,19). The number of nitrogens with one attached hydrogen (secondary N) is 1. The molecule has 0 radical (unpaired) electrons. The summed E-state index contributed by atoms with van der Waals surface area (Å²) in [5.74, 6) is -0.170. The van der Waals surface area contributed by atoms with Crippen molar-refractivity contribution >= 4 is 17.2 Å². The quantitative estimate of drug-likeness (QED) is 0.886. The highest BCUT2D eigenvalue weighted by molar-refractivity contribution is 7.09. The number of hydrogen-bond acceptors (Lipinski definition) is 4. The lowest BCUT2D eigenvalue weighted by atomic mass is 10.1. The van der Waals surface area contributed by atoms with E-state index in [0.717, 1.165) is 11.4 Å². The maximum absolute atomic E-state index is 12.1. The van der Waals surface area contributed by atoms with Crippen molar-refractivity contribution in [2.75, 3.05) is 6.54 Å². The molecule has 0 fully saturated rings. The van der Waals surface area contributed by atoms with Crippen LogP contribution in [0, 0.1) is 0 Å². The second-order valence-electron chi connectivity index (χ2n) is 5.33. The summed E-state index contributed by atoms with van der Waals surface area (Å²) in [6, 6.07) is 10.1. The molecule has 0 bridgehead atoms. The fourth-order valence-corrected chi connectivity index (χ4v) is 2.50. The second kappa shape index (κ2) is 6.15. The number of benzene rings is 1. The molecule has 1 heterocycles. The number of carbonyl (C=O) groups is 1. The highest BCUT2D eigenvalue weighted by Gasteiger charge is 2.20. The molecular formula is C15H19N3OS. The van der Waals surface area contributed by atoms with Crippen LogP contribution in [0.3, 0.4) is 0 Å². The summed E-state index contributed by atoms with van der Waals surface area (Å²) in [4.78, 5) is 16.5. The third kappa shape index (κ3) is 3.88. The van der Waals surface area contributed by atoms with Crippen LogP contribution in [0.1, 0.15) is 34.9 Å². The summed E-state index contributed by atoms with van der Waals surface area (Å²) < 4.78 is 0. The second-order valence-corrected chi connectivity index (χ2v) is 6.27. The summed E-state index contributed by atoms with van der Waals surface area (Å²) in [6.07, 6.45) is 0.749. The van der Waals surface area contributed by atoms with Crippen LogP contribution in [-0.4, -0.2) is 23.0 Å². The first-order valence-electron chi connectivity index (χ1n) is 6.51. The van der Waals surface area contributed by atoms with Crippen molar-refractivity contribution in [3.05, 3.63) is 52.0 Å². The van der Waals surface area contributed by atoms with Gasteiger partial charge in [-0.1, -0.05) is 30.3 Å². The Morgan fingerprint density at radius 1 is 1.35 bits per heavy atom. The fourth-order valence-electron chi connectivity index (χ4n) is 1.69. The first-order chi connectivity index (χ1) is 9.50. The van der Waals surface area contributed by atoms with Gasteiger partial charge in [0.2, 0.25) is 0 Å². The molecule has 5 heteroatoms. The maximum Gasteiger partial charge on any atom is 0.271 e. The number of amides is 1. The molecular weight excluding hydrogens is 270 g/mol. The van der Waals surface area contributed by atoms with Gasteiger partial charge in [0.05, 0.1) is 5.01 Å². The van der Waals surface area contributed by atoms with Crippen LogP contribution in [0.5, 0.6) is 0 Å². The van der Waals surface area contributed by atoms with Gasteiger partial charge < -0.3 is 11.1 Å². The van der Waals surface area contributed by atoms with Crippen LogP contribution in [-0.2, 0) is 6.42 Å². The van der Waals surface area contributed by atoms with Crippen molar-refractivity contribution in [3.8, 4) is 0 Å². The molecule has 0 saturated heterocycles. The van der Waals surface area contributed by atoms with Crippen LogP contribution < -0.4 is 11.1 Å². The Morgan fingerprint density at radius 3 is 2.70 bits per heavy atom. The Labute approximate surface area is 123 Å². The molecule has 20 heavy (non-hydrogen) atoms. The van der Waals surface area contributed by atoms with Crippen molar-refractivity contribution in [2.45, 2.75) is 25.8 Å². The third-order valence-electron chi connectivity index (χ3n) is 2.94. The predicted octanol–water partition coefficient (Wildman–Crippen LogP) is 2.20. The van der Waals surface area contributed by atoms with E-state index in [-0.39, 0.29) is 5.91 Å². The Kier molecular flexibility index (Phi) is 4.52. The zero-order chi connectivity index (χ0) is 14.6. The highest BCUT2D eigenvalue weighted by Crippen LogP contribution is 2.15. The molecule has 0 aliphatic rings. The van der Waals surface area contributed by atoms with Gasteiger partial charge in [-0.15, -0.1) is 11.3 Å². The van der Waals surface area contributed by atoms with Gasteiger partial charge in [-0.05, 0) is 19.4 Å². The van der Waals surface area contributed by atoms with Crippen molar-refractivity contribution in [3.63, 3.8) is 0 Å². The summed E-state index contributed by atoms with van der Waals surface area (Å²) >= 11 is 1.50. The van der Waals surface area contributed by atoms with Gasteiger partial charge >= 0.3 is 0 Å². The lowest BCUT2D eigenvalue weighted by Gasteiger charge is -2.23. The fraction of sp³-hybridized carbons (Fsp3) is 0.333. The highest BCUT2D eigenvalue weighted by atomic mass is 32.1. The summed E-state index contributed by atoms with van der Waals surface area (Å²) in [6.45, 7) is 4.17. The van der Waals surface area contributed by atoms with E-state index in [1.165, 1.54) is 16.9 Å². The molecule has 2 aromatic rings. The van der Waals surface area contributed by atoms with Gasteiger partial charge in [0.25, 0.3) is 5.91 Å². The van der Waals surface area contributed by atoms with Crippen molar-refractivity contribution in [1.29, 1.82) is 0 Å². The minimum Gasteiger partial charge on any atom is -0.345 e. The molecule has 2 rings (SSSR count). The number of aromatic nitrogens is 1. The minimum atomic E-state index is -0.416. The Balaban J connectivity index is 2.04. The van der Waals surface area contributed by atoms with Gasteiger partial charge in [0.1, 0.15) is 5.69 Å². The molecule has 1 aromatic heterocycles. The summed E-state index contributed by atoms with van der Waals surface area (Å²) in [5.41, 5.74) is 6.84. The Bertz CT molecular complexity index is 578. The van der Waals surface area contributed by atoms with Gasteiger partial charge in [0.15, 0.2) is 0 Å². The zero-order valence-electron chi connectivity index (χ0n) is 11.7. The topological polar surface area (TPSA) is 68.0 Å². The summed E-state index contributed by atoms with van der Waals surface area (Å²) in [5, 5.41) is 5.61. The number of rotatable bonds is 5. The van der Waals surface area contributed by atoms with E-state index < -0.39 is 5.54 Å². The van der Waals surface area contributed by atoms with E-state index in [4.69, 9.17) is 5.73 Å². The van der Waals surface area contributed by atoms with Crippen LogP contribution in [0.2, 0.25) is 0 Å². The van der Waals surface area contributed by atoms with E-state index in [0.29, 0.717) is 12.2 Å². The monoisotopic (exact) mass is 289 g/mol. The van der Waals surface area contributed by atoms with Gasteiger partial charge in [-0.2, -0.15) is 0 Å². The van der Waals surface area contributed by atoms with Gasteiger partial charge in [0, 0.05) is 23.9 Å². The average molecular weight is 289 g/mol. The molecule has 1 aromatic carbocycles. The minimum absolute atomic E-state index is 0.170. The Morgan fingerprint density at radius 2 is 2.05 bits per heavy atom. The SMILES string of the molecule is CC(C)(CN)NC(=O)c1csc(Cc2ccccc2)n1. The third-order valence-corrected chi connectivity index (χ3v) is 3.79. The molecule has 4 nitrogen and oxygen atoms in total. The smallest absolute Gasteiger partial charge is 0.271 e. The van der Waals surface area contributed by atoms with E-state index in [1.54, 1.807) is 5.38 Å². The van der Waals surface area contributed by atoms with Crippen molar-refractivity contribution in [2.24, 2.45) is 5.73 Å². The van der Waals surface area contributed by atoms with Crippen molar-refractivity contribution < 1.29 is 4.79 Å². The van der Waals surface area contributed by atoms with E-state index in [1.807, 2.05) is 32.0 Å². The van der Waals surface area contributed by atoms with Crippen LogP contribution in [0.4, 0.5) is 0 Å². The number of carbonyl (C=O) groups excluding carboxylic acids is 1. The number of nitrogens with two attached hydrogens (primary N) is 1. The maximum atomic E-state index is 12.1. The van der Waals surface area contributed by atoms with Crippen LogP contribution in [0.25, 0.3) is 0 Å². The van der Waals surface area contributed by atoms with Crippen LogP contribution >= 0.6 is 11.3 Å². The molecule has 0 saturated carbocycles. The molecule has 0 atom stereocenters. The number of nitrogens with zero attached hydrogens (tertiary/aromatic N) is 1. The molecule has 0 aliphatic heterocycles. The largest absolute Gasteiger partial charge is 0.345 e. The number of hydrogen-bond donors (Lipinski definition) is 2. The Hall–Kier alpha value is -1.72. The molecule has 3 N–H and O–H groups in total. The molecule has 0 spiro atoms. The molecule has 0 aliphatic carbocycles. The molecule has 1 amide bonds. The lowest BCUT2D eigenvalue weighted by molar-refractivity contribution is 0.0911. The molecule has 106 valence electrons. The first kappa shape index (κ1) is 14.7. The molecule has 0 unspecified atom stereocenters. The van der Waals surface area contributed by atoms with E-state index >= 15 is 0 Å².